The summed E-state index contributed by atoms with van der Waals surface area (Å²) >= 11 is 0. The van der Waals surface area contributed by atoms with E-state index >= 15 is 0 Å². The first-order chi connectivity index (χ1) is 10.6. The third-order valence-corrected chi connectivity index (χ3v) is 4.26. The summed E-state index contributed by atoms with van der Waals surface area (Å²) in [5, 5.41) is 2.90. The Bertz CT molecular complexity index is 654. The molecular formula is C17H20FN3O. The number of benzene rings is 1. The van der Waals surface area contributed by atoms with Crippen molar-refractivity contribution in [2.24, 2.45) is 0 Å². The van der Waals surface area contributed by atoms with Crippen molar-refractivity contribution in [3.8, 4) is 5.69 Å². The summed E-state index contributed by atoms with van der Waals surface area (Å²) in [5.41, 5.74) is 0.797. The van der Waals surface area contributed by atoms with Gasteiger partial charge in [0.05, 0.1) is 5.69 Å². The Morgan fingerprint density at radius 3 is 2.77 bits per heavy atom. The second-order valence-electron chi connectivity index (χ2n) is 5.74. The Balaban J connectivity index is 1.67. The highest BCUT2D eigenvalue weighted by molar-refractivity contribution is 5.94. The summed E-state index contributed by atoms with van der Waals surface area (Å²) in [7, 11) is 2.06. The third-order valence-electron chi connectivity index (χ3n) is 4.26. The second kappa shape index (κ2) is 6.32. The molecular weight excluding hydrogens is 281 g/mol. The molecule has 1 atom stereocenters. The van der Waals surface area contributed by atoms with Gasteiger partial charge < -0.3 is 14.8 Å². The van der Waals surface area contributed by atoms with Crippen LogP contribution in [0.15, 0.2) is 42.7 Å². The standard InChI is InChI=1S/C17H20FN3O/c1-20-8-4-5-14(20)12-19-17(22)13-6-7-16(15(18)11-13)21-9-2-3-10-21/h2-3,6-7,9-11,14H,4-5,8,12H2,1H3,(H,19,22)/t14-/m0/s1. The zero-order valence-electron chi connectivity index (χ0n) is 12.6. The molecule has 3 rings (SSSR count). The quantitative estimate of drug-likeness (QED) is 0.942. The van der Waals surface area contributed by atoms with Crippen molar-refractivity contribution in [3.63, 3.8) is 0 Å². The Labute approximate surface area is 129 Å². The van der Waals surface area contributed by atoms with Crippen molar-refractivity contribution >= 4 is 5.91 Å². The topological polar surface area (TPSA) is 37.3 Å². The molecule has 1 amide bonds. The van der Waals surface area contributed by atoms with Crippen molar-refractivity contribution < 1.29 is 9.18 Å². The Kier molecular flexibility index (Phi) is 4.24. The van der Waals surface area contributed by atoms with Gasteiger partial charge in [0.2, 0.25) is 0 Å². The number of halogens is 1. The average Bonchev–Trinajstić information content (AvgIpc) is 3.16. The van der Waals surface area contributed by atoms with Crippen LogP contribution in [0.3, 0.4) is 0 Å². The molecule has 5 heteroatoms. The van der Waals surface area contributed by atoms with E-state index in [4.69, 9.17) is 0 Å². The summed E-state index contributed by atoms with van der Waals surface area (Å²) in [6.07, 6.45) is 5.80. The minimum atomic E-state index is -0.401. The number of nitrogens with zero attached hydrogens (tertiary/aromatic N) is 2. The molecule has 1 aliphatic rings. The molecule has 4 nitrogen and oxygen atoms in total. The van der Waals surface area contributed by atoms with E-state index in [-0.39, 0.29) is 5.91 Å². The maximum Gasteiger partial charge on any atom is 0.251 e. The first-order valence-corrected chi connectivity index (χ1v) is 7.56. The van der Waals surface area contributed by atoms with Gasteiger partial charge in [0.25, 0.3) is 5.91 Å². The highest BCUT2D eigenvalue weighted by atomic mass is 19.1. The first-order valence-electron chi connectivity index (χ1n) is 7.56. The number of likely N-dealkylation sites (N-methyl/N-ethyl adjacent to an activating group) is 1. The molecule has 22 heavy (non-hydrogen) atoms. The lowest BCUT2D eigenvalue weighted by Gasteiger charge is -2.19. The van der Waals surface area contributed by atoms with E-state index in [1.807, 2.05) is 12.1 Å². The molecule has 0 unspecified atom stereocenters. The second-order valence-corrected chi connectivity index (χ2v) is 5.74. The molecule has 0 aliphatic carbocycles. The minimum Gasteiger partial charge on any atom is -0.350 e. The highest BCUT2D eigenvalue weighted by Gasteiger charge is 2.21. The first kappa shape index (κ1) is 14.8. The largest absolute Gasteiger partial charge is 0.350 e. The van der Waals surface area contributed by atoms with Crippen LogP contribution in [0.5, 0.6) is 0 Å². The van der Waals surface area contributed by atoms with Gasteiger partial charge in [0, 0.05) is 30.5 Å². The van der Waals surface area contributed by atoms with E-state index < -0.39 is 5.82 Å². The normalized spacial score (nSPS) is 18.5. The van der Waals surface area contributed by atoms with E-state index in [1.54, 1.807) is 29.1 Å². The van der Waals surface area contributed by atoms with Gasteiger partial charge in [-0.1, -0.05) is 0 Å². The number of hydrogen-bond acceptors (Lipinski definition) is 2. The van der Waals surface area contributed by atoms with Gasteiger partial charge in [-0.25, -0.2) is 4.39 Å². The van der Waals surface area contributed by atoms with Crippen LogP contribution in [0.1, 0.15) is 23.2 Å². The predicted molar refractivity (Wildman–Crippen MR) is 83.7 cm³/mol. The average molecular weight is 301 g/mol. The monoisotopic (exact) mass is 301 g/mol. The van der Waals surface area contributed by atoms with Gasteiger partial charge in [-0.3, -0.25) is 4.79 Å². The van der Waals surface area contributed by atoms with Crippen molar-refractivity contribution in [1.29, 1.82) is 0 Å². The SMILES string of the molecule is CN1CCC[C@H]1CNC(=O)c1ccc(-n2cccc2)c(F)c1. The molecule has 1 aromatic heterocycles. The van der Waals surface area contributed by atoms with E-state index in [1.165, 1.54) is 6.07 Å². The molecule has 1 aliphatic heterocycles. The minimum absolute atomic E-state index is 0.224. The predicted octanol–water partition coefficient (Wildman–Crippen LogP) is 2.44. The Hall–Kier alpha value is -2.14. The molecule has 1 N–H and O–H groups in total. The van der Waals surface area contributed by atoms with E-state index in [0.29, 0.717) is 23.8 Å². The zero-order chi connectivity index (χ0) is 15.5. The van der Waals surface area contributed by atoms with Gasteiger partial charge in [-0.15, -0.1) is 0 Å². The number of rotatable bonds is 4. The van der Waals surface area contributed by atoms with Crippen LogP contribution in [0.25, 0.3) is 5.69 Å². The summed E-state index contributed by atoms with van der Waals surface area (Å²) in [4.78, 5) is 14.4. The summed E-state index contributed by atoms with van der Waals surface area (Å²) in [5.74, 6) is -0.625. The van der Waals surface area contributed by atoms with Gasteiger partial charge in [-0.2, -0.15) is 0 Å². The van der Waals surface area contributed by atoms with Gasteiger partial charge in [-0.05, 0) is 56.8 Å². The number of amides is 1. The lowest BCUT2D eigenvalue weighted by molar-refractivity contribution is 0.0943. The molecule has 1 fully saturated rings. The lowest BCUT2D eigenvalue weighted by atomic mass is 10.1. The van der Waals surface area contributed by atoms with Crippen molar-refractivity contribution in [3.05, 3.63) is 54.1 Å². The van der Waals surface area contributed by atoms with Gasteiger partial charge in [0.15, 0.2) is 0 Å². The fraction of sp³-hybridized carbons (Fsp3) is 0.353. The molecule has 2 heterocycles. The maximum atomic E-state index is 14.2. The van der Waals surface area contributed by atoms with Crippen LogP contribution in [-0.2, 0) is 0 Å². The van der Waals surface area contributed by atoms with Gasteiger partial charge >= 0.3 is 0 Å². The van der Waals surface area contributed by atoms with E-state index in [0.717, 1.165) is 19.4 Å². The van der Waals surface area contributed by atoms with Gasteiger partial charge in [0.1, 0.15) is 5.82 Å². The molecule has 0 spiro atoms. The molecule has 1 aromatic carbocycles. The summed E-state index contributed by atoms with van der Waals surface area (Å²) in [6.45, 7) is 1.68. The number of carbonyl (C=O) groups excluding carboxylic acids is 1. The van der Waals surface area contributed by atoms with Crippen LogP contribution < -0.4 is 5.32 Å². The number of carbonyl (C=O) groups is 1. The number of likely N-dealkylation sites (tertiary alicyclic amines) is 1. The zero-order valence-corrected chi connectivity index (χ0v) is 12.6. The molecule has 0 radical (unpaired) electrons. The number of nitrogens with one attached hydrogen (secondary N) is 1. The molecule has 116 valence electrons. The number of aromatic nitrogens is 1. The lowest BCUT2D eigenvalue weighted by Crippen LogP contribution is -2.38. The maximum absolute atomic E-state index is 14.2. The highest BCUT2D eigenvalue weighted by Crippen LogP contribution is 2.16. The number of hydrogen-bond donors (Lipinski definition) is 1. The molecule has 0 saturated carbocycles. The summed E-state index contributed by atoms with van der Waals surface area (Å²) < 4.78 is 15.9. The fourth-order valence-corrected chi connectivity index (χ4v) is 2.90. The molecule has 1 saturated heterocycles. The third kappa shape index (κ3) is 3.04. The fourth-order valence-electron chi connectivity index (χ4n) is 2.90. The van der Waals surface area contributed by atoms with E-state index in [9.17, 15) is 9.18 Å². The van der Waals surface area contributed by atoms with Crippen molar-refractivity contribution in [1.82, 2.24) is 14.8 Å². The van der Waals surface area contributed by atoms with Crippen LogP contribution in [0.4, 0.5) is 4.39 Å². The van der Waals surface area contributed by atoms with Crippen LogP contribution >= 0.6 is 0 Å². The van der Waals surface area contributed by atoms with Crippen molar-refractivity contribution in [2.75, 3.05) is 20.1 Å². The molecule has 2 aromatic rings. The van der Waals surface area contributed by atoms with Crippen molar-refractivity contribution in [2.45, 2.75) is 18.9 Å². The summed E-state index contributed by atoms with van der Waals surface area (Å²) in [6, 6.07) is 8.63. The Morgan fingerprint density at radius 2 is 2.14 bits per heavy atom. The van der Waals surface area contributed by atoms with Crippen LogP contribution in [0, 0.1) is 5.82 Å². The van der Waals surface area contributed by atoms with E-state index in [2.05, 4.69) is 17.3 Å². The van der Waals surface area contributed by atoms with Crippen LogP contribution in [-0.4, -0.2) is 41.6 Å². The smallest absolute Gasteiger partial charge is 0.251 e. The molecule has 0 bridgehead atoms. The Morgan fingerprint density at radius 1 is 1.36 bits per heavy atom. The van der Waals surface area contributed by atoms with Crippen LogP contribution in [0.2, 0.25) is 0 Å².